The third-order valence-corrected chi connectivity index (χ3v) is 2.78. The summed E-state index contributed by atoms with van der Waals surface area (Å²) < 4.78 is 42.9. The Bertz CT molecular complexity index is 421. The van der Waals surface area contributed by atoms with Crippen LogP contribution < -0.4 is 0 Å². The van der Waals surface area contributed by atoms with Crippen LogP contribution in [0.3, 0.4) is 0 Å². The fourth-order valence-electron chi connectivity index (χ4n) is 1.26. The van der Waals surface area contributed by atoms with Gasteiger partial charge in [-0.25, -0.2) is 0 Å². The van der Waals surface area contributed by atoms with Crippen molar-refractivity contribution in [1.82, 2.24) is 4.98 Å². The molecule has 17 heavy (non-hydrogen) atoms. The third kappa shape index (κ3) is 3.83. The van der Waals surface area contributed by atoms with Crippen LogP contribution in [0.2, 0.25) is 0 Å². The van der Waals surface area contributed by atoms with Crippen molar-refractivity contribution in [2.24, 2.45) is 0 Å². The quantitative estimate of drug-likeness (QED) is 0.616. The first-order valence-corrected chi connectivity index (χ1v) is 5.80. The number of pyridine rings is 1. The minimum absolute atomic E-state index is 0.0180. The van der Waals surface area contributed by atoms with Crippen molar-refractivity contribution in [3.8, 4) is 0 Å². The number of esters is 1. The molecule has 1 aromatic rings. The molecule has 0 bridgehead atoms. The minimum Gasteiger partial charge on any atom is -0.466 e. The molecule has 0 aliphatic carbocycles. The highest BCUT2D eigenvalue weighted by Gasteiger charge is 2.36. The smallest absolute Gasteiger partial charge is 0.419 e. The number of rotatable bonds is 3. The maximum Gasteiger partial charge on any atom is 0.419 e. The number of carbonyl (C=O) groups excluding carboxylic acids is 1. The second kappa shape index (κ2) is 5.65. The lowest BCUT2D eigenvalue weighted by molar-refractivity contribution is -0.143. The average molecular weight is 359 g/mol. The molecule has 0 fully saturated rings. The van der Waals surface area contributed by atoms with Gasteiger partial charge in [0.05, 0.1) is 24.3 Å². The predicted molar refractivity (Wildman–Crippen MR) is 62.3 cm³/mol. The maximum absolute atomic E-state index is 12.7. The summed E-state index contributed by atoms with van der Waals surface area (Å²) in [4.78, 5) is 14.8. The van der Waals surface area contributed by atoms with E-state index in [1.165, 1.54) is 12.3 Å². The zero-order valence-electron chi connectivity index (χ0n) is 8.84. The molecule has 0 spiro atoms. The lowest BCUT2D eigenvalue weighted by atomic mass is 10.1. The highest BCUT2D eigenvalue weighted by atomic mass is 127. The van der Waals surface area contributed by atoms with Crippen LogP contribution in [0.25, 0.3) is 0 Å². The Hall–Kier alpha value is -0.860. The van der Waals surface area contributed by atoms with Gasteiger partial charge in [-0.1, -0.05) is 0 Å². The fourth-order valence-corrected chi connectivity index (χ4v) is 2.04. The molecule has 0 amide bonds. The molecule has 0 saturated carbocycles. The van der Waals surface area contributed by atoms with Gasteiger partial charge >= 0.3 is 12.1 Å². The van der Waals surface area contributed by atoms with Crippen LogP contribution in [-0.2, 0) is 22.1 Å². The lowest BCUT2D eigenvalue weighted by Crippen LogP contribution is -2.17. The number of hydrogen-bond acceptors (Lipinski definition) is 3. The molecule has 0 saturated heterocycles. The van der Waals surface area contributed by atoms with Gasteiger partial charge in [0, 0.05) is 9.77 Å². The summed E-state index contributed by atoms with van der Waals surface area (Å²) in [5.74, 6) is -0.715. The summed E-state index contributed by atoms with van der Waals surface area (Å²) >= 11 is 1.57. The van der Waals surface area contributed by atoms with Crippen molar-refractivity contribution in [2.75, 3.05) is 6.61 Å². The first-order chi connectivity index (χ1) is 7.86. The number of hydrogen-bond donors (Lipinski definition) is 0. The molecule has 7 heteroatoms. The number of alkyl halides is 3. The Kier molecular flexibility index (Phi) is 4.72. The van der Waals surface area contributed by atoms with Gasteiger partial charge in [0.1, 0.15) is 0 Å². The van der Waals surface area contributed by atoms with E-state index in [1.54, 1.807) is 29.5 Å². The second-order valence-corrected chi connectivity index (χ2v) is 4.26. The molecule has 1 rings (SSSR count). The molecule has 0 N–H and O–H groups in total. The van der Waals surface area contributed by atoms with Crippen molar-refractivity contribution in [3.63, 3.8) is 0 Å². The van der Waals surface area contributed by atoms with Crippen molar-refractivity contribution in [1.29, 1.82) is 0 Å². The minimum atomic E-state index is -4.52. The standard InChI is InChI=1S/C10H9F3INO2/c1-2-17-8(16)5-7-9(10(11,12)13)6(14)3-4-15-7/h3-4H,2,5H2,1H3. The van der Waals surface area contributed by atoms with E-state index in [0.29, 0.717) is 0 Å². The average Bonchev–Trinajstić information content (AvgIpc) is 2.15. The zero-order chi connectivity index (χ0) is 13.1. The van der Waals surface area contributed by atoms with E-state index in [2.05, 4.69) is 9.72 Å². The van der Waals surface area contributed by atoms with Crippen LogP contribution in [0.15, 0.2) is 12.3 Å². The van der Waals surface area contributed by atoms with Gasteiger partial charge in [-0.15, -0.1) is 0 Å². The molecule has 0 aromatic carbocycles. The van der Waals surface area contributed by atoms with Gasteiger partial charge in [0.2, 0.25) is 0 Å². The van der Waals surface area contributed by atoms with Crippen LogP contribution in [0.5, 0.6) is 0 Å². The Morgan fingerprint density at radius 2 is 2.18 bits per heavy atom. The van der Waals surface area contributed by atoms with Crippen molar-refractivity contribution < 1.29 is 22.7 Å². The van der Waals surface area contributed by atoms with E-state index in [9.17, 15) is 18.0 Å². The molecule has 94 valence electrons. The largest absolute Gasteiger partial charge is 0.466 e. The molecule has 3 nitrogen and oxygen atoms in total. The molecule has 0 atom stereocenters. The summed E-state index contributed by atoms with van der Waals surface area (Å²) in [5.41, 5.74) is -1.17. The zero-order valence-corrected chi connectivity index (χ0v) is 11.0. The summed E-state index contributed by atoms with van der Waals surface area (Å²) in [6.07, 6.45) is -3.75. The van der Waals surface area contributed by atoms with Crippen molar-refractivity contribution >= 4 is 28.6 Å². The number of carbonyl (C=O) groups is 1. The van der Waals surface area contributed by atoms with E-state index < -0.39 is 24.1 Å². The van der Waals surface area contributed by atoms with E-state index in [-0.39, 0.29) is 15.9 Å². The van der Waals surface area contributed by atoms with Crippen LogP contribution in [-0.4, -0.2) is 17.6 Å². The van der Waals surface area contributed by atoms with Gasteiger partial charge in [0.25, 0.3) is 0 Å². The molecular formula is C10H9F3INO2. The first kappa shape index (κ1) is 14.2. The van der Waals surface area contributed by atoms with Crippen molar-refractivity contribution in [3.05, 3.63) is 27.1 Å². The van der Waals surface area contributed by atoms with Crippen molar-refractivity contribution in [2.45, 2.75) is 19.5 Å². The molecule has 0 aliphatic rings. The SMILES string of the molecule is CCOC(=O)Cc1nccc(I)c1C(F)(F)F. The highest BCUT2D eigenvalue weighted by molar-refractivity contribution is 14.1. The Labute approximate surface area is 110 Å². The third-order valence-electron chi connectivity index (χ3n) is 1.88. The highest BCUT2D eigenvalue weighted by Crippen LogP contribution is 2.34. The van der Waals surface area contributed by atoms with Gasteiger partial charge in [0.15, 0.2) is 0 Å². The van der Waals surface area contributed by atoms with Crippen LogP contribution >= 0.6 is 22.6 Å². The summed E-state index contributed by atoms with van der Waals surface area (Å²) in [6.45, 7) is 1.72. The summed E-state index contributed by atoms with van der Waals surface area (Å²) in [5, 5.41) is 0. The molecule has 1 aromatic heterocycles. The monoisotopic (exact) mass is 359 g/mol. The van der Waals surface area contributed by atoms with Gasteiger partial charge < -0.3 is 4.74 Å². The van der Waals surface area contributed by atoms with E-state index in [1.807, 2.05) is 0 Å². The predicted octanol–water partition coefficient (Wildman–Crippen LogP) is 2.81. The molecule has 0 unspecified atom stereocenters. The number of aromatic nitrogens is 1. The topological polar surface area (TPSA) is 39.2 Å². The van der Waals surface area contributed by atoms with Gasteiger partial charge in [-0.3, -0.25) is 9.78 Å². The first-order valence-electron chi connectivity index (χ1n) is 4.72. The fraction of sp³-hybridized carbons (Fsp3) is 0.400. The summed E-state index contributed by atoms with van der Waals surface area (Å²) in [6, 6.07) is 1.25. The van der Waals surface area contributed by atoms with Gasteiger partial charge in [-0.05, 0) is 35.6 Å². The Morgan fingerprint density at radius 1 is 1.53 bits per heavy atom. The normalized spacial score (nSPS) is 11.4. The second-order valence-electron chi connectivity index (χ2n) is 3.09. The lowest BCUT2D eigenvalue weighted by Gasteiger charge is -2.13. The van der Waals surface area contributed by atoms with Crippen LogP contribution in [0.4, 0.5) is 13.2 Å². The number of halogens is 4. The number of nitrogens with zero attached hydrogens (tertiary/aromatic N) is 1. The summed E-state index contributed by atoms with van der Waals surface area (Å²) in [7, 11) is 0. The van der Waals surface area contributed by atoms with Crippen LogP contribution in [0.1, 0.15) is 18.2 Å². The molecular weight excluding hydrogens is 350 g/mol. The van der Waals surface area contributed by atoms with Crippen LogP contribution in [0, 0.1) is 3.57 Å². The molecule has 1 heterocycles. The van der Waals surface area contributed by atoms with E-state index >= 15 is 0 Å². The Morgan fingerprint density at radius 3 is 2.71 bits per heavy atom. The van der Waals surface area contributed by atoms with E-state index in [4.69, 9.17) is 0 Å². The number of ether oxygens (including phenoxy) is 1. The van der Waals surface area contributed by atoms with Gasteiger partial charge in [-0.2, -0.15) is 13.2 Å². The molecule has 0 radical (unpaired) electrons. The molecule has 0 aliphatic heterocycles. The van der Waals surface area contributed by atoms with E-state index in [0.717, 1.165) is 0 Å². The maximum atomic E-state index is 12.7. The Balaban J connectivity index is 3.08.